The number of Topliss-reactive ketones (excluding diaryl/α,β-unsaturated/α-hetero) is 1. The van der Waals surface area contributed by atoms with E-state index >= 15 is 0 Å². The second-order valence-corrected chi connectivity index (χ2v) is 3.01. The Bertz CT molecular complexity index is 377. The molecule has 0 fully saturated rings. The van der Waals surface area contributed by atoms with E-state index < -0.39 is 22.1 Å². The number of phenolic OH excluding ortho intramolecular Hbond substituents is 1. The van der Waals surface area contributed by atoms with E-state index in [4.69, 9.17) is 11.6 Å². The van der Waals surface area contributed by atoms with Crippen molar-refractivity contribution in [1.29, 1.82) is 0 Å². The second-order valence-electron chi connectivity index (χ2n) is 2.60. The summed E-state index contributed by atoms with van der Waals surface area (Å²) in [6, 6.07) is 2.31. The van der Waals surface area contributed by atoms with Crippen molar-refractivity contribution in [2.24, 2.45) is 0 Å². The van der Waals surface area contributed by atoms with Crippen molar-refractivity contribution in [2.45, 2.75) is 6.92 Å². The second kappa shape index (κ2) is 3.63. The molecule has 0 atom stereocenters. The Kier molecular flexibility index (Phi) is 2.71. The molecule has 5 nitrogen and oxygen atoms in total. The molecule has 0 spiro atoms. The van der Waals surface area contributed by atoms with Crippen molar-refractivity contribution in [2.75, 3.05) is 0 Å². The molecule has 0 heterocycles. The average molecular weight is 216 g/mol. The maximum Gasteiger partial charge on any atom is 0.302 e. The third-order valence-corrected chi connectivity index (χ3v) is 1.95. The van der Waals surface area contributed by atoms with Gasteiger partial charge in [-0.2, -0.15) is 0 Å². The number of benzene rings is 1. The zero-order valence-corrected chi connectivity index (χ0v) is 7.91. The Morgan fingerprint density at radius 3 is 2.50 bits per heavy atom. The van der Waals surface area contributed by atoms with Crippen LogP contribution in [0.15, 0.2) is 12.1 Å². The van der Waals surface area contributed by atoms with Gasteiger partial charge in [0, 0.05) is 0 Å². The summed E-state index contributed by atoms with van der Waals surface area (Å²) >= 11 is 5.54. The van der Waals surface area contributed by atoms with Crippen LogP contribution in [0.3, 0.4) is 0 Å². The number of carbonyl (C=O) groups is 1. The molecule has 6 heteroatoms. The number of rotatable bonds is 2. The zero-order valence-electron chi connectivity index (χ0n) is 7.15. The molecule has 0 aliphatic carbocycles. The summed E-state index contributed by atoms with van der Waals surface area (Å²) in [4.78, 5) is 20.8. The van der Waals surface area contributed by atoms with Gasteiger partial charge in [-0.15, -0.1) is 0 Å². The number of phenols is 1. The lowest BCUT2D eigenvalue weighted by molar-refractivity contribution is -0.385. The molecule has 0 saturated carbocycles. The summed E-state index contributed by atoms with van der Waals surface area (Å²) in [7, 11) is 0. The maximum atomic E-state index is 11.0. The van der Waals surface area contributed by atoms with Crippen LogP contribution in [0.1, 0.15) is 17.3 Å². The first-order valence-corrected chi connectivity index (χ1v) is 3.99. The van der Waals surface area contributed by atoms with Crippen LogP contribution >= 0.6 is 11.6 Å². The van der Waals surface area contributed by atoms with E-state index in [2.05, 4.69) is 0 Å². The first-order valence-electron chi connectivity index (χ1n) is 3.62. The van der Waals surface area contributed by atoms with Crippen LogP contribution < -0.4 is 0 Å². The molecular formula is C8H6ClNO4. The molecule has 1 N–H and O–H groups in total. The summed E-state index contributed by atoms with van der Waals surface area (Å²) in [5.74, 6) is -1.04. The number of hydrogen-bond donors (Lipinski definition) is 1. The average Bonchev–Trinajstić information content (AvgIpc) is 2.07. The van der Waals surface area contributed by atoms with Gasteiger partial charge in [0.2, 0.25) is 0 Å². The van der Waals surface area contributed by atoms with Crippen molar-refractivity contribution in [1.82, 2.24) is 0 Å². The Balaban J connectivity index is 3.58. The van der Waals surface area contributed by atoms with Gasteiger partial charge in [-0.1, -0.05) is 11.6 Å². The highest BCUT2D eigenvalue weighted by Crippen LogP contribution is 2.34. The number of halogens is 1. The Morgan fingerprint density at radius 1 is 1.57 bits per heavy atom. The van der Waals surface area contributed by atoms with E-state index in [1.54, 1.807) is 0 Å². The standard InChI is InChI=1S/C8H6ClNO4/c1-4(11)7-6(12)3-2-5(9)8(7)10(13)14/h2-3,12H,1H3. The summed E-state index contributed by atoms with van der Waals surface area (Å²) in [5.41, 5.74) is -0.915. The third-order valence-electron chi connectivity index (χ3n) is 1.64. The maximum absolute atomic E-state index is 11.0. The first-order chi connectivity index (χ1) is 6.45. The Labute approximate surface area is 84.1 Å². The first kappa shape index (κ1) is 10.5. The largest absolute Gasteiger partial charge is 0.507 e. The minimum absolute atomic E-state index is 0.169. The highest BCUT2D eigenvalue weighted by Gasteiger charge is 2.25. The molecule has 74 valence electrons. The van der Waals surface area contributed by atoms with E-state index in [0.717, 1.165) is 13.0 Å². The van der Waals surface area contributed by atoms with Gasteiger partial charge in [0.25, 0.3) is 0 Å². The lowest BCUT2D eigenvalue weighted by atomic mass is 10.1. The van der Waals surface area contributed by atoms with E-state index in [9.17, 15) is 20.0 Å². The van der Waals surface area contributed by atoms with E-state index in [0.29, 0.717) is 0 Å². The summed E-state index contributed by atoms with van der Waals surface area (Å²) in [6.07, 6.45) is 0. The van der Waals surface area contributed by atoms with Crippen LogP contribution in [0, 0.1) is 10.1 Å². The molecule has 0 bridgehead atoms. The minimum Gasteiger partial charge on any atom is -0.507 e. The number of nitro groups is 1. The van der Waals surface area contributed by atoms with Crippen molar-refractivity contribution in [3.05, 3.63) is 32.8 Å². The van der Waals surface area contributed by atoms with E-state index in [1.165, 1.54) is 6.07 Å². The van der Waals surface area contributed by atoms with Crippen molar-refractivity contribution in [3.63, 3.8) is 0 Å². The normalized spacial score (nSPS) is 9.86. The lowest BCUT2D eigenvalue weighted by Crippen LogP contribution is -2.01. The van der Waals surface area contributed by atoms with Gasteiger partial charge in [0.1, 0.15) is 16.3 Å². The van der Waals surface area contributed by atoms with Crippen LogP contribution in [0.25, 0.3) is 0 Å². The number of aromatic hydroxyl groups is 1. The van der Waals surface area contributed by atoms with Crippen LogP contribution in [0.5, 0.6) is 5.75 Å². The van der Waals surface area contributed by atoms with Crippen LogP contribution in [-0.2, 0) is 0 Å². The Hall–Kier alpha value is -1.62. The van der Waals surface area contributed by atoms with Gasteiger partial charge < -0.3 is 5.11 Å². The highest BCUT2D eigenvalue weighted by molar-refractivity contribution is 6.33. The molecule has 1 aromatic carbocycles. The van der Waals surface area contributed by atoms with Crippen LogP contribution in [0.2, 0.25) is 5.02 Å². The quantitative estimate of drug-likeness (QED) is 0.466. The van der Waals surface area contributed by atoms with Gasteiger partial charge in [-0.3, -0.25) is 14.9 Å². The van der Waals surface area contributed by atoms with Gasteiger partial charge in [0.15, 0.2) is 5.78 Å². The van der Waals surface area contributed by atoms with Crippen LogP contribution in [0.4, 0.5) is 5.69 Å². The van der Waals surface area contributed by atoms with Crippen molar-refractivity contribution >= 4 is 23.1 Å². The number of hydrogen-bond acceptors (Lipinski definition) is 4. The fourth-order valence-electron chi connectivity index (χ4n) is 1.08. The predicted octanol–water partition coefficient (Wildman–Crippen LogP) is 2.16. The van der Waals surface area contributed by atoms with Crippen molar-refractivity contribution in [3.8, 4) is 5.75 Å². The van der Waals surface area contributed by atoms with Gasteiger partial charge >= 0.3 is 5.69 Å². The SMILES string of the molecule is CC(=O)c1c(O)ccc(Cl)c1[N+](=O)[O-]. The molecule has 0 saturated heterocycles. The molecule has 0 amide bonds. The number of nitro benzene ring substituents is 1. The molecule has 0 aliphatic heterocycles. The molecular weight excluding hydrogens is 210 g/mol. The summed E-state index contributed by atoms with van der Waals surface area (Å²) in [6.45, 7) is 1.12. The zero-order chi connectivity index (χ0) is 10.9. The third kappa shape index (κ3) is 1.67. The highest BCUT2D eigenvalue weighted by atomic mass is 35.5. The fourth-order valence-corrected chi connectivity index (χ4v) is 1.31. The molecule has 1 rings (SSSR count). The van der Waals surface area contributed by atoms with E-state index in [-0.39, 0.29) is 10.6 Å². The predicted molar refractivity (Wildman–Crippen MR) is 49.8 cm³/mol. The number of ketones is 1. The molecule has 14 heavy (non-hydrogen) atoms. The molecule has 0 aromatic heterocycles. The number of nitrogens with zero attached hydrogens (tertiary/aromatic N) is 1. The molecule has 1 aromatic rings. The fraction of sp³-hybridized carbons (Fsp3) is 0.125. The van der Waals surface area contributed by atoms with Crippen LogP contribution in [-0.4, -0.2) is 15.8 Å². The topological polar surface area (TPSA) is 80.4 Å². The van der Waals surface area contributed by atoms with Crippen molar-refractivity contribution < 1.29 is 14.8 Å². The molecule has 0 unspecified atom stereocenters. The molecule has 0 radical (unpaired) electrons. The van der Waals surface area contributed by atoms with Gasteiger partial charge in [-0.05, 0) is 19.1 Å². The number of carbonyl (C=O) groups excluding carboxylic acids is 1. The summed E-state index contributed by atoms with van der Waals surface area (Å²) in [5, 5.41) is 19.6. The van der Waals surface area contributed by atoms with Gasteiger partial charge in [0.05, 0.1) is 4.92 Å². The summed E-state index contributed by atoms with van der Waals surface area (Å²) < 4.78 is 0. The lowest BCUT2D eigenvalue weighted by Gasteiger charge is -2.02. The smallest absolute Gasteiger partial charge is 0.302 e. The monoisotopic (exact) mass is 215 g/mol. The van der Waals surface area contributed by atoms with Gasteiger partial charge in [-0.25, -0.2) is 0 Å². The Morgan fingerprint density at radius 2 is 2.14 bits per heavy atom. The minimum atomic E-state index is -0.793. The van der Waals surface area contributed by atoms with E-state index in [1.807, 2.05) is 0 Å². The molecule has 0 aliphatic rings.